The quantitative estimate of drug-likeness (QED) is 0.794. The van der Waals surface area contributed by atoms with Crippen molar-refractivity contribution >= 4 is 11.8 Å². The first-order chi connectivity index (χ1) is 12.7. The Bertz CT molecular complexity index is 642. The van der Waals surface area contributed by atoms with Crippen LogP contribution in [0.3, 0.4) is 0 Å². The van der Waals surface area contributed by atoms with Gasteiger partial charge in [0.1, 0.15) is 0 Å². The Morgan fingerprint density at radius 1 is 1.12 bits per heavy atom. The summed E-state index contributed by atoms with van der Waals surface area (Å²) in [6.07, 6.45) is 2.33. The lowest BCUT2D eigenvalue weighted by Crippen LogP contribution is -2.50. The molecule has 0 aliphatic carbocycles. The third-order valence-electron chi connectivity index (χ3n) is 4.76. The molecule has 3 rings (SSSR count). The zero-order valence-electron chi connectivity index (χ0n) is 15.3. The lowest BCUT2D eigenvalue weighted by Gasteiger charge is -2.34. The lowest BCUT2D eigenvalue weighted by molar-refractivity contribution is -0.134. The average Bonchev–Trinajstić information content (AvgIpc) is 3.13. The Morgan fingerprint density at radius 2 is 1.88 bits per heavy atom. The van der Waals surface area contributed by atoms with Crippen molar-refractivity contribution in [2.45, 2.75) is 32.7 Å². The molecule has 0 aromatic heterocycles. The molecule has 26 heavy (non-hydrogen) atoms. The van der Waals surface area contributed by atoms with Gasteiger partial charge in [0.2, 0.25) is 18.6 Å². The molecule has 0 bridgehead atoms. The van der Waals surface area contributed by atoms with Gasteiger partial charge in [-0.2, -0.15) is 0 Å². The number of fused-ring (bicyclic) bond motifs is 1. The van der Waals surface area contributed by atoms with Crippen LogP contribution in [0.5, 0.6) is 11.5 Å². The number of hydrogen-bond acceptors (Lipinski definition) is 5. The summed E-state index contributed by atoms with van der Waals surface area (Å²) in [5.41, 5.74) is 1.18. The standard InChI is InChI=1S/C19H27N3O4/c1-2-3-4-18(23)20-12-19(24)22-9-7-21(8-10-22)13-15-5-6-16-17(11-15)26-14-25-16/h5-6,11H,2-4,7-10,12-14H2,1H3,(H,20,23). The fourth-order valence-electron chi connectivity index (χ4n) is 3.16. The molecule has 0 atom stereocenters. The molecule has 1 N–H and O–H groups in total. The Labute approximate surface area is 154 Å². The van der Waals surface area contributed by atoms with E-state index in [0.29, 0.717) is 19.5 Å². The molecule has 1 saturated heterocycles. The maximum atomic E-state index is 12.2. The molecule has 1 aromatic carbocycles. The fraction of sp³-hybridized carbons (Fsp3) is 0.579. The van der Waals surface area contributed by atoms with Gasteiger partial charge >= 0.3 is 0 Å². The van der Waals surface area contributed by atoms with Crippen LogP contribution in [0, 0.1) is 0 Å². The van der Waals surface area contributed by atoms with E-state index in [2.05, 4.69) is 16.3 Å². The summed E-state index contributed by atoms with van der Waals surface area (Å²) >= 11 is 0. The van der Waals surface area contributed by atoms with Crippen LogP contribution in [0.15, 0.2) is 18.2 Å². The molecule has 2 aliphatic rings. The van der Waals surface area contributed by atoms with Crippen molar-refractivity contribution in [1.29, 1.82) is 0 Å². The Balaban J connectivity index is 1.40. The monoisotopic (exact) mass is 361 g/mol. The van der Waals surface area contributed by atoms with Gasteiger partial charge in [0.25, 0.3) is 0 Å². The van der Waals surface area contributed by atoms with Gasteiger partial charge in [-0.05, 0) is 24.1 Å². The number of rotatable bonds is 7. The normalized spacial score (nSPS) is 16.6. The van der Waals surface area contributed by atoms with Crippen LogP contribution in [0.25, 0.3) is 0 Å². The topological polar surface area (TPSA) is 71.1 Å². The van der Waals surface area contributed by atoms with Crippen LogP contribution >= 0.6 is 0 Å². The SMILES string of the molecule is CCCCC(=O)NCC(=O)N1CCN(Cc2ccc3c(c2)OCO3)CC1. The molecule has 2 heterocycles. The van der Waals surface area contributed by atoms with Gasteiger partial charge in [0.15, 0.2) is 11.5 Å². The van der Waals surface area contributed by atoms with E-state index < -0.39 is 0 Å². The average molecular weight is 361 g/mol. The number of piperazine rings is 1. The summed E-state index contributed by atoms with van der Waals surface area (Å²) in [5, 5.41) is 2.72. The molecule has 2 aliphatic heterocycles. The minimum Gasteiger partial charge on any atom is -0.454 e. The fourth-order valence-corrected chi connectivity index (χ4v) is 3.16. The first-order valence-corrected chi connectivity index (χ1v) is 9.31. The zero-order chi connectivity index (χ0) is 18.4. The Hall–Kier alpha value is -2.28. The maximum absolute atomic E-state index is 12.2. The van der Waals surface area contributed by atoms with Gasteiger partial charge < -0.3 is 19.7 Å². The van der Waals surface area contributed by atoms with E-state index in [-0.39, 0.29) is 25.2 Å². The largest absolute Gasteiger partial charge is 0.454 e. The number of carbonyl (C=O) groups is 2. The van der Waals surface area contributed by atoms with Crippen molar-refractivity contribution in [3.8, 4) is 11.5 Å². The number of amides is 2. The van der Waals surface area contributed by atoms with E-state index in [1.54, 1.807) is 0 Å². The molecule has 1 aromatic rings. The van der Waals surface area contributed by atoms with Crippen LogP contribution in [0.4, 0.5) is 0 Å². The number of nitrogens with one attached hydrogen (secondary N) is 1. The van der Waals surface area contributed by atoms with E-state index in [9.17, 15) is 9.59 Å². The van der Waals surface area contributed by atoms with Crippen molar-refractivity contribution in [1.82, 2.24) is 15.1 Å². The number of benzene rings is 1. The van der Waals surface area contributed by atoms with E-state index in [4.69, 9.17) is 9.47 Å². The minimum atomic E-state index is -0.0401. The maximum Gasteiger partial charge on any atom is 0.242 e. The molecule has 142 valence electrons. The molecular weight excluding hydrogens is 334 g/mol. The van der Waals surface area contributed by atoms with Crippen molar-refractivity contribution in [2.75, 3.05) is 39.5 Å². The van der Waals surface area contributed by atoms with Gasteiger partial charge in [-0.1, -0.05) is 19.4 Å². The molecule has 7 heteroatoms. The number of unbranched alkanes of at least 4 members (excludes halogenated alkanes) is 1. The highest BCUT2D eigenvalue weighted by Gasteiger charge is 2.22. The summed E-state index contributed by atoms with van der Waals surface area (Å²) in [7, 11) is 0. The lowest BCUT2D eigenvalue weighted by atomic mass is 10.1. The second-order valence-electron chi connectivity index (χ2n) is 6.72. The van der Waals surface area contributed by atoms with Crippen LogP contribution in [0.1, 0.15) is 31.7 Å². The highest BCUT2D eigenvalue weighted by Crippen LogP contribution is 2.32. The molecule has 0 saturated carbocycles. The second-order valence-corrected chi connectivity index (χ2v) is 6.72. The van der Waals surface area contributed by atoms with Crippen molar-refractivity contribution < 1.29 is 19.1 Å². The van der Waals surface area contributed by atoms with Gasteiger partial charge in [-0.3, -0.25) is 14.5 Å². The summed E-state index contributed by atoms with van der Waals surface area (Å²) in [4.78, 5) is 28.0. The molecule has 2 amide bonds. The highest BCUT2D eigenvalue weighted by atomic mass is 16.7. The smallest absolute Gasteiger partial charge is 0.242 e. The number of ether oxygens (including phenoxy) is 2. The van der Waals surface area contributed by atoms with E-state index in [0.717, 1.165) is 44.0 Å². The third kappa shape index (κ3) is 4.88. The van der Waals surface area contributed by atoms with Crippen LogP contribution in [0.2, 0.25) is 0 Å². The van der Waals surface area contributed by atoms with Crippen LogP contribution in [-0.2, 0) is 16.1 Å². The predicted molar refractivity (Wildman–Crippen MR) is 97.0 cm³/mol. The Morgan fingerprint density at radius 3 is 2.65 bits per heavy atom. The van der Waals surface area contributed by atoms with Gasteiger partial charge in [-0.25, -0.2) is 0 Å². The van der Waals surface area contributed by atoms with E-state index in [1.165, 1.54) is 5.56 Å². The summed E-state index contributed by atoms with van der Waals surface area (Å²) in [6.45, 7) is 6.28. The van der Waals surface area contributed by atoms with Crippen molar-refractivity contribution in [3.63, 3.8) is 0 Å². The van der Waals surface area contributed by atoms with Crippen molar-refractivity contribution in [2.24, 2.45) is 0 Å². The molecule has 1 fully saturated rings. The predicted octanol–water partition coefficient (Wildman–Crippen LogP) is 1.37. The van der Waals surface area contributed by atoms with Gasteiger partial charge in [0.05, 0.1) is 6.54 Å². The highest BCUT2D eigenvalue weighted by molar-refractivity contribution is 5.84. The van der Waals surface area contributed by atoms with E-state index >= 15 is 0 Å². The molecular formula is C19H27N3O4. The summed E-state index contributed by atoms with van der Waals surface area (Å²) < 4.78 is 10.8. The summed E-state index contributed by atoms with van der Waals surface area (Å²) in [6, 6.07) is 6.02. The number of carbonyl (C=O) groups excluding carboxylic acids is 2. The molecule has 7 nitrogen and oxygen atoms in total. The zero-order valence-corrected chi connectivity index (χ0v) is 15.3. The van der Waals surface area contributed by atoms with Crippen LogP contribution < -0.4 is 14.8 Å². The second kappa shape index (κ2) is 8.89. The number of nitrogens with zero attached hydrogens (tertiary/aromatic N) is 2. The van der Waals surface area contributed by atoms with Crippen molar-refractivity contribution in [3.05, 3.63) is 23.8 Å². The minimum absolute atomic E-state index is 0.00224. The number of hydrogen-bond donors (Lipinski definition) is 1. The Kier molecular flexibility index (Phi) is 6.33. The molecule has 0 unspecified atom stereocenters. The molecule has 0 spiro atoms. The first-order valence-electron chi connectivity index (χ1n) is 9.31. The first kappa shape index (κ1) is 18.5. The van der Waals surface area contributed by atoms with E-state index in [1.807, 2.05) is 24.0 Å². The van der Waals surface area contributed by atoms with Gasteiger partial charge in [-0.15, -0.1) is 0 Å². The van der Waals surface area contributed by atoms with Crippen LogP contribution in [-0.4, -0.2) is 61.1 Å². The molecule has 0 radical (unpaired) electrons. The van der Waals surface area contributed by atoms with Gasteiger partial charge in [0, 0.05) is 39.1 Å². The third-order valence-corrected chi connectivity index (χ3v) is 4.76. The summed E-state index contributed by atoms with van der Waals surface area (Å²) in [5.74, 6) is 1.56.